The molecule has 0 radical (unpaired) electrons. The number of nitrogens with zero attached hydrogens (tertiary/aromatic N) is 1. The Bertz CT molecular complexity index is 374. The normalized spacial score (nSPS) is 10.5. The van der Waals surface area contributed by atoms with E-state index in [1.54, 1.807) is 0 Å². The van der Waals surface area contributed by atoms with Crippen LogP contribution < -0.4 is 5.32 Å². The second-order valence-corrected chi connectivity index (χ2v) is 4.88. The first-order valence-electron chi connectivity index (χ1n) is 6.90. The fraction of sp³-hybridized carbons (Fsp3) is 0.533. The van der Waals surface area contributed by atoms with Crippen LogP contribution in [-0.4, -0.2) is 37.0 Å². The Balaban J connectivity index is 2.14. The number of hydrogen-bond acceptors (Lipinski definition) is 2. The molecule has 0 aromatic heterocycles. The zero-order chi connectivity index (χ0) is 14.1. The van der Waals surface area contributed by atoms with Crippen molar-refractivity contribution in [2.24, 2.45) is 0 Å². The Morgan fingerprint density at radius 3 is 2.37 bits per heavy atom. The molecular formula is C15H23ClN2O. The van der Waals surface area contributed by atoms with Crippen molar-refractivity contribution in [2.75, 3.05) is 26.2 Å². The molecule has 0 heterocycles. The maximum atomic E-state index is 11.7. The van der Waals surface area contributed by atoms with E-state index in [9.17, 15) is 4.79 Å². The third-order valence-electron chi connectivity index (χ3n) is 3.14. The number of halogens is 1. The lowest BCUT2D eigenvalue weighted by molar-refractivity contribution is -0.130. The standard InChI is InChI=1S/C15H23ClN2O/c1-3-18(4-2)15(19)10-12-17-11-9-13-5-7-14(16)8-6-13/h5-8,17H,3-4,9-12H2,1-2H3. The minimum atomic E-state index is 0.226. The second kappa shape index (κ2) is 8.94. The highest BCUT2D eigenvalue weighted by atomic mass is 35.5. The van der Waals surface area contributed by atoms with E-state index in [1.807, 2.05) is 43.0 Å². The van der Waals surface area contributed by atoms with E-state index in [0.29, 0.717) is 6.42 Å². The number of hydrogen-bond donors (Lipinski definition) is 1. The van der Waals surface area contributed by atoms with Crippen molar-refractivity contribution in [1.82, 2.24) is 10.2 Å². The molecule has 1 aromatic rings. The summed E-state index contributed by atoms with van der Waals surface area (Å²) in [4.78, 5) is 13.6. The molecule has 0 atom stereocenters. The molecule has 1 amide bonds. The van der Waals surface area contributed by atoms with E-state index in [0.717, 1.165) is 37.6 Å². The summed E-state index contributed by atoms with van der Waals surface area (Å²) in [6.45, 7) is 7.22. The highest BCUT2D eigenvalue weighted by Crippen LogP contribution is 2.09. The molecule has 1 aromatic carbocycles. The number of benzene rings is 1. The largest absolute Gasteiger partial charge is 0.343 e. The summed E-state index contributed by atoms with van der Waals surface area (Å²) in [5, 5.41) is 4.07. The van der Waals surface area contributed by atoms with Crippen LogP contribution in [0.25, 0.3) is 0 Å². The van der Waals surface area contributed by atoms with Crippen LogP contribution >= 0.6 is 11.6 Å². The van der Waals surface area contributed by atoms with E-state index in [2.05, 4.69) is 5.32 Å². The average molecular weight is 283 g/mol. The first kappa shape index (κ1) is 16.0. The molecule has 0 aliphatic heterocycles. The van der Waals surface area contributed by atoms with Gasteiger partial charge in [0.05, 0.1) is 0 Å². The number of amides is 1. The molecule has 1 rings (SSSR count). The van der Waals surface area contributed by atoms with Crippen LogP contribution in [0.15, 0.2) is 24.3 Å². The minimum Gasteiger partial charge on any atom is -0.343 e. The fourth-order valence-corrected chi connectivity index (χ4v) is 2.06. The van der Waals surface area contributed by atoms with Crippen molar-refractivity contribution in [2.45, 2.75) is 26.7 Å². The molecule has 3 nitrogen and oxygen atoms in total. The van der Waals surface area contributed by atoms with Crippen molar-refractivity contribution in [3.05, 3.63) is 34.9 Å². The van der Waals surface area contributed by atoms with Crippen LogP contribution in [0.5, 0.6) is 0 Å². The SMILES string of the molecule is CCN(CC)C(=O)CCNCCc1ccc(Cl)cc1. The molecule has 106 valence electrons. The zero-order valence-corrected chi connectivity index (χ0v) is 12.5. The van der Waals surface area contributed by atoms with E-state index in [-0.39, 0.29) is 5.91 Å². The molecule has 0 fully saturated rings. The summed E-state index contributed by atoms with van der Waals surface area (Å²) in [6, 6.07) is 7.87. The summed E-state index contributed by atoms with van der Waals surface area (Å²) in [6.07, 6.45) is 1.53. The van der Waals surface area contributed by atoms with Crippen LogP contribution in [0.3, 0.4) is 0 Å². The third-order valence-corrected chi connectivity index (χ3v) is 3.39. The van der Waals surface area contributed by atoms with Gasteiger partial charge in [-0.1, -0.05) is 23.7 Å². The molecule has 19 heavy (non-hydrogen) atoms. The minimum absolute atomic E-state index is 0.226. The molecular weight excluding hydrogens is 260 g/mol. The van der Waals surface area contributed by atoms with Gasteiger partial charge < -0.3 is 10.2 Å². The van der Waals surface area contributed by atoms with Gasteiger partial charge >= 0.3 is 0 Å². The van der Waals surface area contributed by atoms with Gasteiger partial charge in [0.2, 0.25) is 5.91 Å². The van der Waals surface area contributed by atoms with Crippen molar-refractivity contribution in [3.63, 3.8) is 0 Å². The van der Waals surface area contributed by atoms with Crippen LogP contribution in [0.2, 0.25) is 5.02 Å². The van der Waals surface area contributed by atoms with Gasteiger partial charge in [0.25, 0.3) is 0 Å². The third kappa shape index (κ3) is 6.08. The quantitative estimate of drug-likeness (QED) is 0.744. The summed E-state index contributed by atoms with van der Waals surface area (Å²) >= 11 is 5.83. The maximum absolute atomic E-state index is 11.7. The van der Waals surface area contributed by atoms with E-state index < -0.39 is 0 Å². The van der Waals surface area contributed by atoms with E-state index in [1.165, 1.54) is 5.56 Å². The lowest BCUT2D eigenvalue weighted by Crippen LogP contribution is -2.33. The smallest absolute Gasteiger partial charge is 0.223 e. The number of nitrogens with one attached hydrogen (secondary N) is 1. The Labute approximate surface area is 120 Å². The van der Waals surface area contributed by atoms with Crippen molar-refractivity contribution in [1.29, 1.82) is 0 Å². The van der Waals surface area contributed by atoms with Crippen molar-refractivity contribution < 1.29 is 4.79 Å². The Morgan fingerprint density at radius 1 is 1.16 bits per heavy atom. The summed E-state index contributed by atoms with van der Waals surface area (Å²) in [5.74, 6) is 0.226. The first-order valence-corrected chi connectivity index (χ1v) is 7.28. The topological polar surface area (TPSA) is 32.3 Å². The molecule has 1 N–H and O–H groups in total. The molecule has 0 saturated heterocycles. The zero-order valence-electron chi connectivity index (χ0n) is 11.8. The van der Waals surface area contributed by atoms with Gasteiger partial charge in [0.15, 0.2) is 0 Å². The fourth-order valence-electron chi connectivity index (χ4n) is 1.94. The van der Waals surface area contributed by atoms with Crippen molar-refractivity contribution >= 4 is 17.5 Å². The lowest BCUT2D eigenvalue weighted by atomic mass is 10.1. The molecule has 0 saturated carbocycles. The predicted molar refractivity (Wildman–Crippen MR) is 80.6 cm³/mol. The predicted octanol–water partition coefficient (Wildman–Crippen LogP) is 2.73. The van der Waals surface area contributed by atoms with Gasteiger partial charge in [0.1, 0.15) is 0 Å². The molecule has 0 aliphatic rings. The summed E-state index contributed by atoms with van der Waals surface area (Å²) in [7, 11) is 0. The highest BCUT2D eigenvalue weighted by Gasteiger charge is 2.07. The van der Waals surface area contributed by atoms with Gasteiger partial charge in [-0.25, -0.2) is 0 Å². The van der Waals surface area contributed by atoms with Gasteiger partial charge in [-0.05, 0) is 44.5 Å². The lowest BCUT2D eigenvalue weighted by Gasteiger charge is -2.18. The molecule has 0 unspecified atom stereocenters. The number of rotatable bonds is 8. The van der Waals surface area contributed by atoms with Gasteiger partial charge in [-0.3, -0.25) is 4.79 Å². The second-order valence-electron chi connectivity index (χ2n) is 4.44. The number of carbonyl (C=O) groups excluding carboxylic acids is 1. The van der Waals surface area contributed by atoms with Gasteiger partial charge in [-0.15, -0.1) is 0 Å². The van der Waals surface area contributed by atoms with Gasteiger partial charge in [-0.2, -0.15) is 0 Å². The van der Waals surface area contributed by atoms with Crippen LogP contribution in [0, 0.1) is 0 Å². The van der Waals surface area contributed by atoms with Crippen LogP contribution in [0.4, 0.5) is 0 Å². The Hall–Kier alpha value is -1.06. The summed E-state index contributed by atoms with van der Waals surface area (Å²) < 4.78 is 0. The van der Waals surface area contributed by atoms with Crippen molar-refractivity contribution in [3.8, 4) is 0 Å². The molecule has 4 heteroatoms. The van der Waals surface area contributed by atoms with E-state index >= 15 is 0 Å². The Morgan fingerprint density at radius 2 is 1.79 bits per heavy atom. The number of carbonyl (C=O) groups is 1. The van der Waals surface area contributed by atoms with Gasteiger partial charge in [0, 0.05) is 31.1 Å². The monoisotopic (exact) mass is 282 g/mol. The highest BCUT2D eigenvalue weighted by molar-refractivity contribution is 6.30. The molecule has 0 bridgehead atoms. The average Bonchev–Trinajstić information content (AvgIpc) is 2.42. The molecule has 0 aliphatic carbocycles. The first-order chi connectivity index (χ1) is 9.17. The van der Waals surface area contributed by atoms with E-state index in [4.69, 9.17) is 11.6 Å². The van der Waals surface area contributed by atoms with Crippen LogP contribution in [0.1, 0.15) is 25.8 Å². The Kier molecular flexibility index (Phi) is 7.53. The van der Waals surface area contributed by atoms with Crippen LogP contribution in [-0.2, 0) is 11.2 Å². The molecule has 0 spiro atoms. The maximum Gasteiger partial charge on any atom is 0.223 e. The summed E-state index contributed by atoms with van der Waals surface area (Å²) in [5.41, 5.74) is 1.26.